The number of fused-ring (bicyclic) bond motifs is 1. The van der Waals surface area contributed by atoms with Gasteiger partial charge in [0.05, 0.1) is 19.3 Å². The number of methoxy groups -OCH3 is 1. The molecule has 4 aromatic rings. The molecule has 5 rings (SSSR count). The van der Waals surface area contributed by atoms with Crippen molar-refractivity contribution >= 4 is 28.9 Å². The third-order valence-corrected chi connectivity index (χ3v) is 6.49. The van der Waals surface area contributed by atoms with E-state index in [0.717, 1.165) is 17.7 Å². The summed E-state index contributed by atoms with van der Waals surface area (Å²) >= 11 is 0. The largest absolute Gasteiger partial charge is 0.495 e. The highest BCUT2D eigenvalue weighted by molar-refractivity contribution is 5.96. The summed E-state index contributed by atoms with van der Waals surface area (Å²) in [6.45, 7) is 2.54. The van der Waals surface area contributed by atoms with Crippen LogP contribution in [-0.2, 0) is 18.4 Å². The summed E-state index contributed by atoms with van der Waals surface area (Å²) in [5.41, 5.74) is 0.355. The van der Waals surface area contributed by atoms with Gasteiger partial charge in [-0.3, -0.25) is 23.3 Å². The molecular formula is C27H27F3N6O6. The monoisotopic (exact) mass is 588 g/mol. The molecule has 0 amide bonds. The molecule has 0 aliphatic carbocycles. The lowest BCUT2D eigenvalue weighted by atomic mass is 10.1. The molecule has 0 bridgehead atoms. The van der Waals surface area contributed by atoms with Gasteiger partial charge >= 0.3 is 17.8 Å². The number of halogens is 3. The molecule has 1 saturated heterocycles. The van der Waals surface area contributed by atoms with Crippen LogP contribution in [0.2, 0.25) is 0 Å². The molecule has 0 saturated carbocycles. The minimum absolute atomic E-state index is 0.214. The van der Waals surface area contributed by atoms with Crippen molar-refractivity contribution in [2.24, 2.45) is 7.05 Å². The average molecular weight is 589 g/mol. The Labute approximate surface area is 236 Å². The van der Waals surface area contributed by atoms with E-state index in [1.165, 1.54) is 4.57 Å². The lowest BCUT2D eigenvalue weighted by Gasteiger charge is -2.29. The van der Waals surface area contributed by atoms with E-state index in [4.69, 9.17) is 19.6 Å². The highest BCUT2D eigenvalue weighted by atomic mass is 19.4. The fourth-order valence-corrected chi connectivity index (χ4v) is 4.43. The molecule has 42 heavy (non-hydrogen) atoms. The maximum Gasteiger partial charge on any atom is 0.490 e. The van der Waals surface area contributed by atoms with E-state index in [0.29, 0.717) is 36.0 Å². The van der Waals surface area contributed by atoms with Crippen molar-refractivity contribution in [3.05, 3.63) is 81.0 Å². The molecule has 1 fully saturated rings. The van der Waals surface area contributed by atoms with Crippen molar-refractivity contribution in [1.82, 2.24) is 24.0 Å². The number of nitrogens with one attached hydrogen (secondary N) is 1. The van der Waals surface area contributed by atoms with Crippen molar-refractivity contribution in [2.45, 2.75) is 12.7 Å². The summed E-state index contributed by atoms with van der Waals surface area (Å²) in [7, 11) is 3.13. The quantitative estimate of drug-likeness (QED) is 0.323. The Kier molecular flexibility index (Phi) is 8.80. The molecule has 3 heterocycles. The van der Waals surface area contributed by atoms with Crippen LogP contribution in [-0.4, -0.2) is 75.0 Å². The second kappa shape index (κ2) is 12.3. The Morgan fingerprint density at radius 1 is 1.02 bits per heavy atom. The molecule has 15 heteroatoms. The summed E-state index contributed by atoms with van der Waals surface area (Å²) in [5.74, 6) is -1.98. The number of alkyl halides is 3. The van der Waals surface area contributed by atoms with Crippen LogP contribution in [0.25, 0.3) is 16.9 Å². The first-order valence-corrected chi connectivity index (χ1v) is 12.7. The number of Topliss-reactive ketones (excluding diaryl/α,β-unsaturated/α-hetero) is 1. The summed E-state index contributed by atoms with van der Waals surface area (Å²) in [5, 5.41) is 10.4. The van der Waals surface area contributed by atoms with E-state index in [9.17, 15) is 27.6 Å². The number of carbonyl (C=O) groups is 2. The van der Waals surface area contributed by atoms with Crippen LogP contribution in [0.1, 0.15) is 10.4 Å². The fraction of sp³-hybridized carbons (Fsp3) is 0.296. The van der Waals surface area contributed by atoms with Crippen LogP contribution in [0.15, 0.2) is 64.2 Å². The van der Waals surface area contributed by atoms with Crippen LogP contribution in [0.3, 0.4) is 0 Å². The second-order valence-corrected chi connectivity index (χ2v) is 9.15. The lowest BCUT2D eigenvalue weighted by Crippen LogP contribution is -2.44. The number of aryl methyl sites for hydroxylation is 1. The minimum atomic E-state index is -5.08. The maximum atomic E-state index is 13.8. The van der Waals surface area contributed by atoms with E-state index < -0.39 is 23.4 Å². The number of ketones is 1. The summed E-state index contributed by atoms with van der Waals surface area (Å²) in [6, 6.07) is 16.0. The first-order valence-electron chi connectivity index (χ1n) is 12.7. The van der Waals surface area contributed by atoms with Crippen molar-refractivity contribution < 1.29 is 32.6 Å². The molecule has 1 aliphatic heterocycles. The predicted octanol–water partition coefficient (Wildman–Crippen LogP) is 1.82. The molecule has 2 aromatic carbocycles. The van der Waals surface area contributed by atoms with Crippen LogP contribution >= 0.6 is 0 Å². The number of hydrogen-bond donors (Lipinski definition) is 2. The number of piperazine rings is 1. The Bertz CT molecular complexity index is 1720. The number of imidazole rings is 1. The third-order valence-electron chi connectivity index (χ3n) is 6.49. The van der Waals surface area contributed by atoms with E-state index >= 15 is 0 Å². The normalized spacial score (nSPS) is 13.4. The number of ether oxygens (including phenoxy) is 1. The van der Waals surface area contributed by atoms with Gasteiger partial charge in [0.2, 0.25) is 5.95 Å². The number of nitrogens with zero attached hydrogens (tertiary/aromatic N) is 5. The SMILES string of the molecule is COc1ccccc1-n1c(N2CCNCC2)nc2c1c(=O)n(CC(=O)c1ccccc1)c(=O)n2C.O=C(O)C(F)(F)F. The number of hydrogen-bond acceptors (Lipinski definition) is 8. The van der Waals surface area contributed by atoms with Crippen LogP contribution in [0, 0.1) is 0 Å². The van der Waals surface area contributed by atoms with Gasteiger partial charge in [0.1, 0.15) is 5.75 Å². The van der Waals surface area contributed by atoms with Crippen molar-refractivity contribution in [3.63, 3.8) is 0 Å². The van der Waals surface area contributed by atoms with E-state index in [1.807, 2.05) is 24.3 Å². The maximum absolute atomic E-state index is 13.8. The number of carboxylic acids is 1. The number of benzene rings is 2. The summed E-state index contributed by atoms with van der Waals surface area (Å²) in [4.78, 5) is 55.7. The standard InChI is InChI=1S/C25H26N6O4.C2HF3O2/c1-28-22-21(23(33)30(25(28)34)16-19(32)17-8-4-3-5-9-17)31(18-10-6-7-11-20(18)35-2)24(27-22)29-14-12-26-13-15-29;3-2(4,5)1(6)7/h3-11,26H,12-16H2,1-2H3;(H,6,7). The van der Waals surface area contributed by atoms with Crippen LogP contribution < -0.4 is 26.2 Å². The number of anilines is 1. The molecule has 0 spiro atoms. The smallest absolute Gasteiger partial charge is 0.490 e. The molecule has 0 radical (unpaired) electrons. The number of carbonyl (C=O) groups excluding carboxylic acids is 1. The summed E-state index contributed by atoms with van der Waals surface area (Å²) in [6.07, 6.45) is -5.08. The first kappa shape index (κ1) is 30.0. The van der Waals surface area contributed by atoms with E-state index in [2.05, 4.69) is 10.2 Å². The van der Waals surface area contributed by atoms with Crippen molar-refractivity contribution in [1.29, 1.82) is 0 Å². The van der Waals surface area contributed by atoms with Gasteiger partial charge < -0.3 is 20.1 Å². The van der Waals surface area contributed by atoms with Gasteiger partial charge in [-0.25, -0.2) is 9.59 Å². The Balaban J connectivity index is 0.000000517. The molecule has 0 atom stereocenters. The lowest BCUT2D eigenvalue weighted by molar-refractivity contribution is -0.192. The van der Waals surface area contributed by atoms with Crippen molar-refractivity contribution in [2.75, 3.05) is 38.2 Å². The van der Waals surface area contributed by atoms with Gasteiger partial charge in [0.25, 0.3) is 5.56 Å². The summed E-state index contributed by atoms with van der Waals surface area (Å²) < 4.78 is 41.4. The van der Waals surface area contributed by atoms with Gasteiger partial charge in [-0.2, -0.15) is 18.2 Å². The molecule has 12 nitrogen and oxygen atoms in total. The average Bonchev–Trinajstić information content (AvgIpc) is 3.39. The first-order chi connectivity index (χ1) is 20.0. The van der Waals surface area contributed by atoms with E-state index in [-0.39, 0.29) is 23.5 Å². The Morgan fingerprint density at radius 3 is 2.21 bits per heavy atom. The molecular weight excluding hydrogens is 561 g/mol. The number of rotatable bonds is 6. The molecule has 222 valence electrons. The topological polar surface area (TPSA) is 141 Å². The van der Waals surface area contributed by atoms with Gasteiger partial charge in [-0.15, -0.1) is 0 Å². The molecule has 1 aliphatic rings. The van der Waals surface area contributed by atoms with Crippen molar-refractivity contribution in [3.8, 4) is 11.4 Å². The number of para-hydroxylation sites is 2. The Morgan fingerprint density at radius 2 is 1.62 bits per heavy atom. The molecule has 2 N–H and O–H groups in total. The number of carboxylic acid groups (broad SMARTS) is 1. The minimum Gasteiger partial charge on any atom is -0.495 e. The Hall–Kier alpha value is -4.92. The molecule has 2 aromatic heterocycles. The number of aromatic nitrogens is 4. The van der Waals surface area contributed by atoms with Crippen LogP contribution in [0.4, 0.5) is 19.1 Å². The predicted molar refractivity (Wildman–Crippen MR) is 147 cm³/mol. The zero-order valence-corrected chi connectivity index (χ0v) is 22.6. The van der Waals surface area contributed by atoms with Gasteiger partial charge in [-0.05, 0) is 12.1 Å². The zero-order valence-electron chi connectivity index (χ0n) is 22.6. The van der Waals surface area contributed by atoms with Gasteiger partial charge in [0.15, 0.2) is 16.9 Å². The number of aliphatic carboxylic acids is 1. The zero-order chi connectivity index (χ0) is 30.6. The highest BCUT2D eigenvalue weighted by Crippen LogP contribution is 2.30. The molecule has 0 unspecified atom stereocenters. The second-order valence-electron chi connectivity index (χ2n) is 9.15. The van der Waals surface area contributed by atoms with Gasteiger partial charge in [0, 0.05) is 38.8 Å². The van der Waals surface area contributed by atoms with E-state index in [1.54, 1.807) is 49.1 Å². The van der Waals surface area contributed by atoms with Crippen LogP contribution in [0.5, 0.6) is 5.75 Å². The fourth-order valence-electron chi connectivity index (χ4n) is 4.43. The third kappa shape index (κ3) is 6.05. The highest BCUT2D eigenvalue weighted by Gasteiger charge is 2.38. The van der Waals surface area contributed by atoms with Gasteiger partial charge in [-0.1, -0.05) is 42.5 Å².